The fourth-order valence-electron chi connectivity index (χ4n) is 4.99. The van der Waals surface area contributed by atoms with Crippen molar-refractivity contribution < 1.29 is 9.59 Å². The molecule has 0 spiro atoms. The lowest BCUT2D eigenvalue weighted by Crippen LogP contribution is -2.48. The Hall–Kier alpha value is -1.26. The Kier molecular flexibility index (Phi) is 8.42. The highest BCUT2D eigenvalue weighted by Crippen LogP contribution is 2.49. The fraction of sp³-hybridized carbons (Fsp3) is 0.905. The minimum atomic E-state index is 0.0235. The maximum atomic E-state index is 12.6. The minimum absolute atomic E-state index is 0.0235. The molecule has 0 aliphatic heterocycles. The number of hydrogen-bond acceptors (Lipinski definition) is 2. The Morgan fingerprint density at radius 3 is 1.96 bits per heavy atom. The molecular weight excluding hydrogens is 326 g/mol. The molecule has 0 aromatic carbocycles. The maximum absolute atomic E-state index is 12.6. The van der Waals surface area contributed by atoms with E-state index in [1.165, 1.54) is 0 Å². The lowest BCUT2D eigenvalue weighted by atomic mass is 9.60. The average molecular weight is 368 g/mol. The summed E-state index contributed by atoms with van der Waals surface area (Å²) in [7, 11) is 0. The molecule has 1 rings (SSSR count). The van der Waals surface area contributed by atoms with E-state index >= 15 is 0 Å². The monoisotopic (exact) mass is 367 g/mol. The van der Waals surface area contributed by atoms with E-state index in [0.29, 0.717) is 18.9 Å². The molecule has 1 aliphatic rings. The lowest BCUT2D eigenvalue weighted by Gasteiger charge is -2.47. The number of carbonyl (C=O) groups is 2. The predicted molar refractivity (Wildman–Crippen MR) is 108 cm³/mol. The summed E-state index contributed by atoms with van der Waals surface area (Å²) < 4.78 is 0. The number of urea groups is 1. The van der Waals surface area contributed by atoms with Crippen LogP contribution in [0, 0.1) is 16.7 Å². The van der Waals surface area contributed by atoms with E-state index < -0.39 is 0 Å². The maximum Gasteiger partial charge on any atom is 0.317 e. The van der Waals surface area contributed by atoms with Crippen molar-refractivity contribution in [1.82, 2.24) is 15.1 Å². The van der Waals surface area contributed by atoms with Gasteiger partial charge in [0.2, 0.25) is 5.91 Å². The smallest absolute Gasteiger partial charge is 0.317 e. The molecule has 0 bridgehead atoms. The van der Waals surface area contributed by atoms with Crippen LogP contribution in [0.25, 0.3) is 0 Å². The quantitative estimate of drug-likeness (QED) is 0.701. The van der Waals surface area contributed by atoms with E-state index in [4.69, 9.17) is 0 Å². The van der Waals surface area contributed by atoms with Crippen LogP contribution in [0.3, 0.4) is 0 Å². The normalized spacial score (nSPS) is 24.8. The Labute approximate surface area is 160 Å². The zero-order chi connectivity index (χ0) is 20.0. The molecule has 2 unspecified atom stereocenters. The second-order valence-electron chi connectivity index (χ2n) is 9.03. The van der Waals surface area contributed by atoms with Gasteiger partial charge < -0.3 is 15.1 Å². The molecule has 152 valence electrons. The summed E-state index contributed by atoms with van der Waals surface area (Å²) in [6.07, 6.45) is 3.79. The molecule has 5 heteroatoms. The van der Waals surface area contributed by atoms with Crippen molar-refractivity contribution in [3.63, 3.8) is 0 Å². The molecule has 5 nitrogen and oxygen atoms in total. The van der Waals surface area contributed by atoms with E-state index in [-0.39, 0.29) is 22.8 Å². The molecule has 0 saturated heterocycles. The molecule has 1 N–H and O–H groups in total. The van der Waals surface area contributed by atoms with Crippen molar-refractivity contribution in [2.75, 3.05) is 32.7 Å². The molecule has 3 amide bonds. The molecular formula is C21H41N3O2. The zero-order valence-electron chi connectivity index (χ0n) is 18.2. The zero-order valence-corrected chi connectivity index (χ0v) is 18.2. The van der Waals surface area contributed by atoms with Gasteiger partial charge in [-0.25, -0.2) is 4.79 Å². The molecule has 0 aromatic rings. The Morgan fingerprint density at radius 1 is 0.923 bits per heavy atom. The van der Waals surface area contributed by atoms with Crippen LogP contribution in [-0.4, -0.2) is 54.5 Å². The second kappa shape index (κ2) is 9.61. The van der Waals surface area contributed by atoms with E-state index in [0.717, 1.165) is 45.4 Å². The molecule has 0 aromatic heterocycles. The topological polar surface area (TPSA) is 52.7 Å². The van der Waals surface area contributed by atoms with Crippen LogP contribution in [0.5, 0.6) is 0 Å². The van der Waals surface area contributed by atoms with Crippen LogP contribution in [-0.2, 0) is 4.79 Å². The molecule has 2 atom stereocenters. The number of nitrogens with zero attached hydrogens (tertiary/aromatic N) is 2. The fourth-order valence-corrected chi connectivity index (χ4v) is 4.99. The third-order valence-corrected chi connectivity index (χ3v) is 5.82. The van der Waals surface area contributed by atoms with Gasteiger partial charge in [0.1, 0.15) is 0 Å². The van der Waals surface area contributed by atoms with Crippen molar-refractivity contribution in [3.8, 4) is 0 Å². The third kappa shape index (κ3) is 6.48. The highest BCUT2D eigenvalue weighted by molar-refractivity contribution is 5.76. The van der Waals surface area contributed by atoms with Crippen molar-refractivity contribution in [2.24, 2.45) is 16.7 Å². The molecule has 1 fully saturated rings. The van der Waals surface area contributed by atoms with Crippen molar-refractivity contribution in [3.05, 3.63) is 0 Å². The van der Waals surface area contributed by atoms with Crippen LogP contribution >= 0.6 is 0 Å². The SMILES string of the molecule is CCN(CC)C(=O)CC1CC(C)(C)CC(C)(CNC(=O)N(CC)CC)C1. The van der Waals surface area contributed by atoms with Crippen LogP contribution in [0.1, 0.15) is 74.1 Å². The molecule has 0 heterocycles. The van der Waals surface area contributed by atoms with E-state index in [1.807, 2.05) is 37.5 Å². The summed E-state index contributed by atoms with van der Waals surface area (Å²) in [4.78, 5) is 28.7. The number of hydrogen-bond donors (Lipinski definition) is 1. The Morgan fingerprint density at radius 2 is 1.46 bits per heavy atom. The highest BCUT2D eigenvalue weighted by Gasteiger charge is 2.42. The van der Waals surface area contributed by atoms with Crippen LogP contribution in [0.15, 0.2) is 0 Å². The molecule has 1 aliphatic carbocycles. The van der Waals surface area contributed by atoms with Crippen LogP contribution in [0.2, 0.25) is 0 Å². The van der Waals surface area contributed by atoms with Gasteiger partial charge in [-0.15, -0.1) is 0 Å². The van der Waals surface area contributed by atoms with Gasteiger partial charge in [-0.2, -0.15) is 0 Å². The highest BCUT2D eigenvalue weighted by atomic mass is 16.2. The van der Waals surface area contributed by atoms with Gasteiger partial charge in [0.05, 0.1) is 0 Å². The van der Waals surface area contributed by atoms with Gasteiger partial charge in [-0.1, -0.05) is 20.8 Å². The van der Waals surface area contributed by atoms with Gasteiger partial charge in [0.25, 0.3) is 0 Å². The van der Waals surface area contributed by atoms with Gasteiger partial charge in [-0.3, -0.25) is 4.79 Å². The molecule has 26 heavy (non-hydrogen) atoms. The van der Waals surface area contributed by atoms with E-state index in [9.17, 15) is 9.59 Å². The van der Waals surface area contributed by atoms with E-state index in [1.54, 1.807) is 0 Å². The van der Waals surface area contributed by atoms with E-state index in [2.05, 4.69) is 26.1 Å². The van der Waals surface area contributed by atoms with Gasteiger partial charge in [-0.05, 0) is 63.7 Å². The first-order chi connectivity index (χ1) is 12.1. The number of nitrogens with one attached hydrogen (secondary N) is 1. The number of carbonyl (C=O) groups excluding carboxylic acids is 2. The van der Waals surface area contributed by atoms with Crippen molar-refractivity contribution in [2.45, 2.75) is 74.1 Å². The van der Waals surface area contributed by atoms with Crippen LogP contribution < -0.4 is 5.32 Å². The predicted octanol–water partition coefficient (Wildman–Crippen LogP) is 4.13. The molecule has 0 radical (unpaired) electrons. The first-order valence-electron chi connectivity index (χ1n) is 10.4. The number of rotatable bonds is 8. The Bertz CT molecular complexity index is 470. The summed E-state index contributed by atoms with van der Waals surface area (Å²) in [6.45, 7) is 18.7. The van der Waals surface area contributed by atoms with Gasteiger partial charge >= 0.3 is 6.03 Å². The third-order valence-electron chi connectivity index (χ3n) is 5.82. The standard InChI is InChI=1S/C21H41N3O2/c1-8-23(9-2)18(25)12-17-13-20(5,6)15-21(7,14-17)16-22-19(26)24(10-3)11-4/h17H,8-16H2,1-7H3,(H,22,26). The van der Waals surface area contributed by atoms with Crippen molar-refractivity contribution >= 4 is 11.9 Å². The lowest BCUT2D eigenvalue weighted by molar-refractivity contribution is -0.132. The second-order valence-corrected chi connectivity index (χ2v) is 9.03. The minimum Gasteiger partial charge on any atom is -0.343 e. The summed E-state index contributed by atoms with van der Waals surface area (Å²) >= 11 is 0. The van der Waals surface area contributed by atoms with Gasteiger partial charge in [0, 0.05) is 39.1 Å². The largest absolute Gasteiger partial charge is 0.343 e. The van der Waals surface area contributed by atoms with Gasteiger partial charge in [0.15, 0.2) is 0 Å². The summed E-state index contributed by atoms with van der Waals surface area (Å²) in [5, 5.41) is 3.14. The average Bonchev–Trinajstić information content (AvgIpc) is 2.53. The summed E-state index contributed by atoms with van der Waals surface area (Å²) in [5.41, 5.74) is 0.236. The number of amides is 3. The first-order valence-corrected chi connectivity index (χ1v) is 10.4. The van der Waals surface area contributed by atoms with Crippen molar-refractivity contribution in [1.29, 1.82) is 0 Å². The Balaban J connectivity index is 2.75. The molecule has 1 saturated carbocycles. The van der Waals surface area contributed by atoms with Crippen LogP contribution in [0.4, 0.5) is 4.79 Å². The summed E-state index contributed by atoms with van der Waals surface area (Å²) in [5.74, 6) is 0.662. The summed E-state index contributed by atoms with van der Waals surface area (Å²) in [6, 6.07) is 0.0235. The first kappa shape index (κ1) is 22.8.